The molecule has 7 nitrogen and oxygen atoms in total. The van der Waals surface area contributed by atoms with Crippen LogP contribution in [0.3, 0.4) is 0 Å². The predicted octanol–water partition coefficient (Wildman–Crippen LogP) is 3.40. The van der Waals surface area contributed by atoms with Crippen molar-refractivity contribution in [3.05, 3.63) is 29.8 Å². The highest BCUT2D eigenvalue weighted by Gasteiger charge is 2.35. The molecule has 1 fully saturated rings. The molecule has 0 radical (unpaired) electrons. The van der Waals surface area contributed by atoms with Crippen LogP contribution in [-0.4, -0.2) is 48.1 Å². The molecule has 0 heterocycles. The topological polar surface area (TPSA) is 85.3 Å². The van der Waals surface area contributed by atoms with Gasteiger partial charge in [-0.1, -0.05) is 12.1 Å². The van der Waals surface area contributed by atoms with E-state index in [1.165, 1.54) is 7.05 Å². The van der Waals surface area contributed by atoms with E-state index in [-0.39, 0.29) is 18.0 Å². The van der Waals surface area contributed by atoms with Crippen molar-refractivity contribution in [2.45, 2.75) is 52.1 Å². The van der Waals surface area contributed by atoms with Crippen LogP contribution < -0.4 is 4.74 Å². The van der Waals surface area contributed by atoms with Crippen LogP contribution in [0.15, 0.2) is 29.4 Å². The van der Waals surface area contributed by atoms with Crippen LogP contribution in [-0.2, 0) is 20.7 Å². The van der Waals surface area contributed by atoms with Crippen molar-refractivity contribution in [3.63, 3.8) is 0 Å². The molecule has 1 saturated carbocycles. The predicted molar refractivity (Wildman–Crippen MR) is 105 cm³/mol. The second-order valence-corrected chi connectivity index (χ2v) is 7.84. The van der Waals surface area contributed by atoms with E-state index in [1.807, 2.05) is 0 Å². The Morgan fingerprint density at radius 3 is 2.39 bits per heavy atom. The molecular formula is C21H28N2O5. The first-order chi connectivity index (χ1) is 13.1. The molecule has 1 aromatic rings. The second-order valence-electron chi connectivity index (χ2n) is 7.84. The fourth-order valence-corrected chi connectivity index (χ4v) is 3.00. The number of carbonyl (C=O) groups excluding carboxylic acids is 3. The molecular weight excluding hydrogens is 360 g/mol. The fourth-order valence-electron chi connectivity index (χ4n) is 3.00. The molecule has 1 aliphatic rings. The number of amides is 1. The van der Waals surface area contributed by atoms with E-state index < -0.39 is 17.6 Å². The summed E-state index contributed by atoms with van der Waals surface area (Å²) in [6.07, 6.45) is 0.952. The summed E-state index contributed by atoms with van der Waals surface area (Å²) >= 11 is 0. The van der Waals surface area contributed by atoms with Crippen LogP contribution in [0.5, 0.6) is 5.75 Å². The highest BCUT2D eigenvalue weighted by atomic mass is 16.6. The summed E-state index contributed by atoms with van der Waals surface area (Å²) in [7, 11) is 3.04. The van der Waals surface area contributed by atoms with E-state index in [0.717, 1.165) is 10.6 Å². The molecule has 1 amide bonds. The van der Waals surface area contributed by atoms with Crippen LogP contribution in [0.2, 0.25) is 0 Å². The average molecular weight is 388 g/mol. The van der Waals surface area contributed by atoms with E-state index in [2.05, 4.69) is 5.10 Å². The van der Waals surface area contributed by atoms with Gasteiger partial charge in [-0.15, -0.1) is 0 Å². The number of ether oxygens (including phenoxy) is 2. The lowest BCUT2D eigenvalue weighted by molar-refractivity contribution is -0.130. The molecule has 0 bridgehead atoms. The summed E-state index contributed by atoms with van der Waals surface area (Å²) in [5, 5.41) is 5.32. The maximum atomic E-state index is 12.9. The highest BCUT2D eigenvalue weighted by Crippen LogP contribution is 2.23. The molecule has 1 aliphatic carbocycles. The van der Waals surface area contributed by atoms with Crippen molar-refractivity contribution in [2.75, 3.05) is 14.2 Å². The zero-order valence-corrected chi connectivity index (χ0v) is 17.2. The van der Waals surface area contributed by atoms with Gasteiger partial charge in [0.25, 0.3) is 0 Å². The Balaban J connectivity index is 2.17. The van der Waals surface area contributed by atoms with E-state index in [1.54, 1.807) is 52.1 Å². The maximum Gasteiger partial charge on any atom is 0.430 e. The van der Waals surface area contributed by atoms with E-state index >= 15 is 0 Å². The number of methoxy groups -OCH3 is 1. The number of hydrogen-bond donors (Lipinski definition) is 0. The lowest BCUT2D eigenvalue weighted by Crippen LogP contribution is -2.39. The van der Waals surface area contributed by atoms with Crippen molar-refractivity contribution < 1.29 is 23.9 Å². The largest absolute Gasteiger partial charge is 0.497 e. The van der Waals surface area contributed by atoms with Crippen molar-refractivity contribution >= 4 is 23.4 Å². The molecule has 0 aliphatic heterocycles. The molecule has 1 atom stereocenters. The molecule has 0 N–H and O–H groups in total. The van der Waals surface area contributed by atoms with Crippen LogP contribution in [0.1, 0.15) is 45.6 Å². The van der Waals surface area contributed by atoms with E-state index in [0.29, 0.717) is 30.7 Å². The summed E-state index contributed by atoms with van der Waals surface area (Å²) in [5.41, 5.74) is 0.560. The summed E-state index contributed by atoms with van der Waals surface area (Å²) in [6.45, 7) is 5.28. The summed E-state index contributed by atoms with van der Waals surface area (Å²) in [4.78, 5) is 37.5. The molecule has 152 valence electrons. The Bertz CT molecular complexity index is 762. The molecule has 1 aromatic carbocycles. The maximum absolute atomic E-state index is 12.9. The number of hydrazone groups is 1. The van der Waals surface area contributed by atoms with Crippen molar-refractivity contribution in [3.8, 4) is 5.75 Å². The number of nitrogens with zero attached hydrogens (tertiary/aromatic N) is 2. The minimum absolute atomic E-state index is 0.121. The monoisotopic (exact) mass is 388 g/mol. The molecule has 0 saturated heterocycles. The Hall–Kier alpha value is -2.70. The average Bonchev–Trinajstić information content (AvgIpc) is 2.61. The quantitative estimate of drug-likeness (QED) is 0.570. The summed E-state index contributed by atoms with van der Waals surface area (Å²) < 4.78 is 10.4. The van der Waals surface area contributed by atoms with Gasteiger partial charge in [0, 0.05) is 19.9 Å². The van der Waals surface area contributed by atoms with Gasteiger partial charge in [0.2, 0.25) is 0 Å². The highest BCUT2D eigenvalue weighted by molar-refractivity contribution is 6.22. The van der Waals surface area contributed by atoms with Gasteiger partial charge in [-0.3, -0.25) is 9.59 Å². The number of carbonyl (C=O) groups is 3. The van der Waals surface area contributed by atoms with E-state index in [4.69, 9.17) is 9.47 Å². The third-order valence-corrected chi connectivity index (χ3v) is 4.31. The number of ketones is 2. The summed E-state index contributed by atoms with van der Waals surface area (Å²) in [5.74, 6) is -0.584. The molecule has 0 spiro atoms. The van der Waals surface area contributed by atoms with Gasteiger partial charge in [0.05, 0.1) is 12.8 Å². The first kappa shape index (κ1) is 21.6. The zero-order chi connectivity index (χ0) is 20.9. The number of rotatable bonds is 5. The van der Waals surface area contributed by atoms with Crippen molar-refractivity contribution in [1.82, 2.24) is 5.01 Å². The lowest BCUT2D eigenvalue weighted by Gasteiger charge is -2.25. The first-order valence-electron chi connectivity index (χ1n) is 9.33. The van der Waals surface area contributed by atoms with Gasteiger partial charge in [-0.05, 0) is 51.3 Å². The SMILES string of the molecule is COc1ccc(CC(=O)C2C(=O)CCC/C2=N/N(C)C(=O)OC(C)(C)C)cc1. The Morgan fingerprint density at radius 1 is 1.18 bits per heavy atom. The van der Waals surface area contributed by atoms with Crippen molar-refractivity contribution in [1.29, 1.82) is 0 Å². The van der Waals surface area contributed by atoms with Gasteiger partial charge in [0.1, 0.15) is 23.1 Å². The lowest BCUT2D eigenvalue weighted by atomic mass is 9.81. The summed E-state index contributed by atoms with van der Waals surface area (Å²) in [6, 6.07) is 7.15. The Kier molecular flexibility index (Phi) is 6.94. The van der Waals surface area contributed by atoms with Crippen LogP contribution in [0.4, 0.5) is 4.79 Å². The van der Waals surface area contributed by atoms with E-state index in [9.17, 15) is 14.4 Å². The third-order valence-electron chi connectivity index (χ3n) is 4.31. The molecule has 7 heteroatoms. The number of hydrogen-bond acceptors (Lipinski definition) is 6. The van der Waals surface area contributed by atoms with Gasteiger partial charge in [-0.25, -0.2) is 9.80 Å². The minimum Gasteiger partial charge on any atom is -0.497 e. The second kappa shape index (κ2) is 8.99. The molecule has 1 unspecified atom stereocenters. The normalized spacial score (nSPS) is 18.7. The van der Waals surface area contributed by atoms with Gasteiger partial charge < -0.3 is 9.47 Å². The number of Topliss-reactive ketones (excluding diaryl/α,β-unsaturated/α-hetero) is 2. The van der Waals surface area contributed by atoms with Gasteiger partial charge in [0.15, 0.2) is 5.78 Å². The smallest absolute Gasteiger partial charge is 0.430 e. The van der Waals surface area contributed by atoms with Gasteiger partial charge >= 0.3 is 6.09 Å². The van der Waals surface area contributed by atoms with Crippen LogP contribution >= 0.6 is 0 Å². The Labute approximate surface area is 165 Å². The molecule has 28 heavy (non-hydrogen) atoms. The van der Waals surface area contributed by atoms with Crippen molar-refractivity contribution in [2.24, 2.45) is 11.0 Å². The zero-order valence-electron chi connectivity index (χ0n) is 17.2. The standard InChI is InChI=1S/C21H28N2O5/c1-21(2,3)28-20(26)23(4)22-16-7-6-8-17(24)19(16)18(25)13-14-9-11-15(27-5)12-10-14/h9-12,19H,6-8,13H2,1-5H3/b22-16-. The van der Waals surface area contributed by atoms with Gasteiger partial charge in [-0.2, -0.15) is 5.10 Å². The first-order valence-corrected chi connectivity index (χ1v) is 9.33. The van der Waals surface area contributed by atoms with Crippen LogP contribution in [0.25, 0.3) is 0 Å². The molecule has 2 rings (SSSR count). The minimum atomic E-state index is -0.916. The number of benzene rings is 1. The molecule has 0 aromatic heterocycles. The Morgan fingerprint density at radius 2 is 1.82 bits per heavy atom. The fraction of sp³-hybridized carbons (Fsp3) is 0.524. The van der Waals surface area contributed by atoms with Crippen LogP contribution in [0, 0.1) is 5.92 Å². The third kappa shape index (κ3) is 5.90.